The summed E-state index contributed by atoms with van der Waals surface area (Å²) >= 11 is 5.40. The highest BCUT2D eigenvalue weighted by Gasteiger charge is 2.21. The number of rotatable bonds is 1. The molecule has 0 aliphatic heterocycles. The maximum atomic E-state index is 5.40. The Labute approximate surface area is 113 Å². The first-order valence-corrected chi connectivity index (χ1v) is 6.47. The Balaban J connectivity index is 2.71. The van der Waals surface area contributed by atoms with Gasteiger partial charge in [0.2, 0.25) is 0 Å². The molecule has 3 nitrogen and oxygen atoms in total. The Morgan fingerprint density at radius 3 is 2.44 bits per heavy atom. The summed E-state index contributed by atoms with van der Waals surface area (Å²) < 4.78 is 2.80. The van der Waals surface area contributed by atoms with E-state index >= 15 is 0 Å². The van der Waals surface area contributed by atoms with Gasteiger partial charge in [0.1, 0.15) is 0 Å². The average molecular weight is 261 g/mol. The van der Waals surface area contributed by atoms with Gasteiger partial charge >= 0.3 is 0 Å². The molecule has 0 aromatic carbocycles. The number of H-pyrrole nitrogens is 1. The molecule has 0 saturated heterocycles. The molecule has 4 heteroatoms. The molecule has 0 saturated carbocycles. The van der Waals surface area contributed by atoms with Gasteiger partial charge in [-0.2, -0.15) is 0 Å². The van der Waals surface area contributed by atoms with Gasteiger partial charge in [0.15, 0.2) is 4.77 Å². The van der Waals surface area contributed by atoms with Crippen LogP contribution in [0.25, 0.3) is 5.69 Å². The number of nitrogens with one attached hydrogen (secondary N) is 1. The van der Waals surface area contributed by atoms with E-state index in [-0.39, 0.29) is 5.41 Å². The number of aromatic amines is 1. The van der Waals surface area contributed by atoms with Gasteiger partial charge in [-0.05, 0) is 38.2 Å². The van der Waals surface area contributed by atoms with Crippen LogP contribution in [0.5, 0.6) is 0 Å². The first-order chi connectivity index (χ1) is 8.30. The van der Waals surface area contributed by atoms with E-state index in [2.05, 4.69) is 41.4 Å². The van der Waals surface area contributed by atoms with Crippen molar-refractivity contribution < 1.29 is 0 Å². The number of hydrogen-bond acceptors (Lipinski definition) is 2. The summed E-state index contributed by atoms with van der Waals surface area (Å²) in [6.45, 7) is 10.6. The maximum Gasteiger partial charge on any atom is 0.182 e. The fraction of sp³-hybridized carbons (Fsp3) is 0.429. The van der Waals surface area contributed by atoms with E-state index in [0.29, 0.717) is 4.77 Å². The largest absolute Gasteiger partial charge is 0.337 e. The summed E-state index contributed by atoms with van der Waals surface area (Å²) in [6.07, 6.45) is 1.99. The number of hydrogen-bond donors (Lipinski definition) is 1. The van der Waals surface area contributed by atoms with Crippen LogP contribution in [0, 0.1) is 18.6 Å². The number of imidazole rings is 1. The van der Waals surface area contributed by atoms with Gasteiger partial charge in [0, 0.05) is 23.0 Å². The zero-order chi connectivity index (χ0) is 13.5. The predicted molar refractivity (Wildman–Crippen MR) is 76.9 cm³/mol. The average Bonchev–Trinajstić information content (AvgIpc) is 2.60. The fourth-order valence-corrected chi connectivity index (χ4v) is 2.33. The quantitative estimate of drug-likeness (QED) is 0.791. The number of pyridine rings is 1. The monoisotopic (exact) mass is 261 g/mol. The van der Waals surface area contributed by atoms with Crippen molar-refractivity contribution in [2.75, 3.05) is 0 Å². The van der Waals surface area contributed by atoms with Crippen LogP contribution < -0.4 is 0 Å². The number of nitrogens with zero attached hydrogens (tertiary/aromatic N) is 2. The smallest absolute Gasteiger partial charge is 0.182 e. The second-order valence-electron chi connectivity index (χ2n) is 5.62. The van der Waals surface area contributed by atoms with Gasteiger partial charge < -0.3 is 4.98 Å². The highest BCUT2D eigenvalue weighted by molar-refractivity contribution is 7.71. The van der Waals surface area contributed by atoms with Crippen molar-refractivity contribution in [1.29, 1.82) is 0 Å². The summed E-state index contributed by atoms with van der Waals surface area (Å²) in [6, 6.07) is 4.10. The Bertz CT molecular complexity index is 629. The molecule has 2 aromatic heterocycles. The Morgan fingerprint density at radius 1 is 1.22 bits per heavy atom. The maximum absolute atomic E-state index is 5.40. The molecule has 0 spiro atoms. The molecule has 1 N–H and O–H groups in total. The lowest BCUT2D eigenvalue weighted by atomic mass is 9.92. The van der Waals surface area contributed by atoms with Gasteiger partial charge in [-0.1, -0.05) is 20.8 Å². The van der Waals surface area contributed by atoms with Crippen molar-refractivity contribution in [3.63, 3.8) is 0 Å². The molecule has 0 unspecified atom stereocenters. The van der Waals surface area contributed by atoms with Gasteiger partial charge in [-0.25, -0.2) is 0 Å². The molecule has 2 aromatic rings. The third-order valence-corrected chi connectivity index (χ3v) is 3.28. The second-order valence-corrected chi connectivity index (χ2v) is 6.01. The Hall–Kier alpha value is -1.42. The summed E-state index contributed by atoms with van der Waals surface area (Å²) in [4.78, 5) is 7.65. The molecule has 0 bridgehead atoms. The van der Waals surface area contributed by atoms with Crippen molar-refractivity contribution in [2.45, 2.75) is 40.0 Å². The summed E-state index contributed by atoms with van der Waals surface area (Å²) in [5.41, 5.74) is 4.27. The third-order valence-electron chi connectivity index (χ3n) is 2.98. The molecule has 0 aliphatic rings. The molecule has 18 heavy (non-hydrogen) atoms. The minimum atomic E-state index is 0.0326. The molecule has 0 radical (unpaired) electrons. The first-order valence-electron chi connectivity index (χ1n) is 6.06. The highest BCUT2D eigenvalue weighted by Crippen LogP contribution is 2.26. The van der Waals surface area contributed by atoms with Crippen LogP contribution in [0.1, 0.15) is 37.9 Å². The molecule has 0 amide bonds. The minimum Gasteiger partial charge on any atom is -0.337 e. The van der Waals surface area contributed by atoms with Gasteiger partial charge in [-0.3, -0.25) is 9.55 Å². The van der Waals surface area contributed by atoms with E-state index in [0.717, 1.165) is 17.1 Å². The van der Waals surface area contributed by atoms with E-state index in [1.807, 2.05) is 26.1 Å². The summed E-state index contributed by atoms with van der Waals surface area (Å²) in [5, 5.41) is 0. The standard InChI is InChI=1S/C14H19N3S/c1-9-6-7-11(10(2)16-9)17-12(14(3,4)5)8-15-13(17)18/h6-8H,1-5H3,(H,15,18). The van der Waals surface area contributed by atoms with Gasteiger partial charge in [0.25, 0.3) is 0 Å². The number of aryl methyl sites for hydroxylation is 2. The molecular formula is C14H19N3S. The second kappa shape index (κ2) is 4.35. The van der Waals surface area contributed by atoms with Gasteiger partial charge in [-0.15, -0.1) is 0 Å². The fourth-order valence-electron chi connectivity index (χ4n) is 2.08. The van der Waals surface area contributed by atoms with E-state index in [4.69, 9.17) is 12.2 Å². The van der Waals surface area contributed by atoms with E-state index in [1.54, 1.807) is 0 Å². The van der Waals surface area contributed by atoms with Crippen LogP contribution in [0.4, 0.5) is 0 Å². The van der Waals surface area contributed by atoms with E-state index < -0.39 is 0 Å². The summed E-state index contributed by atoms with van der Waals surface area (Å²) in [5.74, 6) is 0. The van der Waals surface area contributed by atoms with Crippen molar-refractivity contribution in [2.24, 2.45) is 0 Å². The molecular weight excluding hydrogens is 242 g/mol. The normalized spacial score (nSPS) is 11.8. The lowest BCUT2D eigenvalue weighted by molar-refractivity contribution is 0.555. The van der Waals surface area contributed by atoms with Crippen molar-refractivity contribution in [3.05, 3.63) is 40.2 Å². The Morgan fingerprint density at radius 2 is 1.89 bits per heavy atom. The molecule has 0 fully saturated rings. The molecule has 2 heterocycles. The van der Waals surface area contributed by atoms with Crippen LogP contribution in [0.2, 0.25) is 0 Å². The van der Waals surface area contributed by atoms with Crippen molar-refractivity contribution in [3.8, 4) is 5.69 Å². The molecule has 0 aliphatic carbocycles. The van der Waals surface area contributed by atoms with Crippen LogP contribution >= 0.6 is 12.2 Å². The van der Waals surface area contributed by atoms with E-state index in [9.17, 15) is 0 Å². The SMILES string of the molecule is Cc1ccc(-n2c(C(C)(C)C)c[nH]c2=S)c(C)n1. The number of aromatic nitrogens is 3. The van der Waals surface area contributed by atoms with E-state index in [1.165, 1.54) is 5.69 Å². The third kappa shape index (κ3) is 2.25. The zero-order valence-electron chi connectivity index (χ0n) is 11.5. The predicted octanol–water partition coefficient (Wildman–Crippen LogP) is 3.84. The molecule has 2 rings (SSSR count). The van der Waals surface area contributed by atoms with Crippen LogP contribution in [-0.4, -0.2) is 14.5 Å². The molecule has 96 valence electrons. The van der Waals surface area contributed by atoms with Crippen molar-refractivity contribution >= 4 is 12.2 Å². The van der Waals surface area contributed by atoms with Crippen molar-refractivity contribution in [1.82, 2.24) is 14.5 Å². The van der Waals surface area contributed by atoms with Gasteiger partial charge in [0.05, 0.1) is 11.4 Å². The highest BCUT2D eigenvalue weighted by atomic mass is 32.1. The Kier molecular flexibility index (Phi) is 3.15. The first kappa shape index (κ1) is 13.0. The minimum absolute atomic E-state index is 0.0326. The summed E-state index contributed by atoms with van der Waals surface area (Å²) in [7, 11) is 0. The molecule has 0 atom stereocenters. The lowest BCUT2D eigenvalue weighted by Gasteiger charge is -2.21. The van der Waals surface area contributed by atoms with Crippen LogP contribution in [0.3, 0.4) is 0 Å². The lowest BCUT2D eigenvalue weighted by Crippen LogP contribution is -2.17. The van der Waals surface area contributed by atoms with Crippen LogP contribution in [-0.2, 0) is 5.41 Å². The van der Waals surface area contributed by atoms with Crippen LogP contribution in [0.15, 0.2) is 18.3 Å². The zero-order valence-corrected chi connectivity index (χ0v) is 12.4. The topological polar surface area (TPSA) is 33.6 Å².